The minimum Gasteiger partial charge on any atom is -0.292 e. The van der Waals surface area contributed by atoms with E-state index in [0.717, 1.165) is 61.8 Å². The standard InChI is InChI=1S/C40H25N5/c1-2-10-29-26(9-1)20-21-27-25-28(22-23-30(27)29)32-12-5-13-33(42-32)34-14-6-15-35(43-34)36-16-7-19-39(44-36)45-37-17-4-3-11-31(37)40-38(45)18-8-24-41-40/h1-25H. The Kier molecular flexibility index (Phi) is 5.74. The first-order valence-corrected chi connectivity index (χ1v) is 15.0. The summed E-state index contributed by atoms with van der Waals surface area (Å²) in [6.07, 6.45) is 1.84. The van der Waals surface area contributed by atoms with Crippen LogP contribution in [0.5, 0.6) is 0 Å². The molecule has 0 atom stereocenters. The second-order valence-corrected chi connectivity index (χ2v) is 11.1. The van der Waals surface area contributed by atoms with Crippen molar-refractivity contribution in [2.24, 2.45) is 0 Å². The maximum absolute atomic E-state index is 5.09. The van der Waals surface area contributed by atoms with Crippen LogP contribution in [0, 0.1) is 0 Å². The molecule has 0 aliphatic carbocycles. The number of hydrogen-bond donors (Lipinski definition) is 0. The zero-order chi connectivity index (χ0) is 29.7. The lowest BCUT2D eigenvalue weighted by atomic mass is 9.99. The molecule has 5 heteroatoms. The Labute approximate surface area is 259 Å². The summed E-state index contributed by atoms with van der Waals surface area (Å²) in [5.41, 5.74) is 8.24. The highest BCUT2D eigenvalue weighted by Gasteiger charge is 2.15. The Hall–Kier alpha value is -6.20. The van der Waals surface area contributed by atoms with E-state index in [2.05, 4.69) is 88.4 Å². The van der Waals surface area contributed by atoms with Gasteiger partial charge in [0, 0.05) is 17.1 Å². The highest BCUT2D eigenvalue weighted by molar-refractivity contribution is 6.08. The van der Waals surface area contributed by atoms with Crippen molar-refractivity contribution in [3.8, 4) is 39.9 Å². The van der Waals surface area contributed by atoms with Gasteiger partial charge in [-0.05, 0) is 82.2 Å². The molecule has 0 bridgehead atoms. The minimum absolute atomic E-state index is 0.790. The molecule has 0 aliphatic heterocycles. The van der Waals surface area contributed by atoms with Crippen LogP contribution in [-0.2, 0) is 0 Å². The quantitative estimate of drug-likeness (QED) is 0.196. The second kappa shape index (κ2) is 10.2. The van der Waals surface area contributed by atoms with Crippen LogP contribution in [0.15, 0.2) is 152 Å². The molecule has 0 unspecified atom stereocenters. The van der Waals surface area contributed by atoms with Crippen molar-refractivity contribution >= 4 is 43.5 Å². The fraction of sp³-hybridized carbons (Fsp3) is 0. The molecule has 5 heterocycles. The third-order valence-electron chi connectivity index (χ3n) is 8.45. The lowest BCUT2D eigenvalue weighted by Gasteiger charge is -2.10. The van der Waals surface area contributed by atoms with E-state index in [4.69, 9.17) is 15.0 Å². The van der Waals surface area contributed by atoms with Crippen molar-refractivity contribution in [3.05, 3.63) is 152 Å². The van der Waals surface area contributed by atoms with Crippen LogP contribution in [0.4, 0.5) is 0 Å². The number of rotatable bonds is 4. The molecule has 0 saturated heterocycles. The zero-order valence-electron chi connectivity index (χ0n) is 24.2. The van der Waals surface area contributed by atoms with Gasteiger partial charge in [-0.1, -0.05) is 84.9 Å². The summed E-state index contributed by atoms with van der Waals surface area (Å²) in [6, 6.07) is 50.0. The molecule has 9 rings (SSSR count). The number of hydrogen-bond acceptors (Lipinski definition) is 4. The third kappa shape index (κ3) is 4.25. The zero-order valence-corrected chi connectivity index (χ0v) is 24.2. The fourth-order valence-corrected chi connectivity index (χ4v) is 6.35. The molecule has 0 amide bonds. The largest absolute Gasteiger partial charge is 0.292 e. The summed E-state index contributed by atoms with van der Waals surface area (Å²) in [5.74, 6) is 0.822. The first-order chi connectivity index (χ1) is 22.3. The van der Waals surface area contributed by atoms with Crippen LogP contribution in [0.25, 0.3) is 83.3 Å². The van der Waals surface area contributed by atoms with E-state index in [1.54, 1.807) is 0 Å². The van der Waals surface area contributed by atoms with Crippen molar-refractivity contribution < 1.29 is 0 Å². The second-order valence-electron chi connectivity index (χ2n) is 11.1. The van der Waals surface area contributed by atoms with Gasteiger partial charge in [0.1, 0.15) is 5.82 Å². The van der Waals surface area contributed by atoms with Crippen LogP contribution in [0.3, 0.4) is 0 Å². The molecule has 0 spiro atoms. The first-order valence-electron chi connectivity index (χ1n) is 15.0. The van der Waals surface area contributed by atoms with Gasteiger partial charge in [0.25, 0.3) is 0 Å². The van der Waals surface area contributed by atoms with Crippen molar-refractivity contribution in [2.75, 3.05) is 0 Å². The highest BCUT2D eigenvalue weighted by atomic mass is 15.1. The van der Waals surface area contributed by atoms with Crippen molar-refractivity contribution in [2.45, 2.75) is 0 Å². The van der Waals surface area contributed by atoms with Gasteiger partial charge in [-0.15, -0.1) is 0 Å². The maximum atomic E-state index is 5.09. The van der Waals surface area contributed by atoms with Crippen LogP contribution in [0.2, 0.25) is 0 Å². The number of aromatic nitrogens is 5. The predicted octanol–water partition coefficient (Wildman–Crippen LogP) is 9.67. The summed E-state index contributed by atoms with van der Waals surface area (Å²) < 4.78 is 2.17. The molecule has 4 aromatic carbocycles. The van der Waals surface area contributed by atoms with Crippen LogP contribution in [-0.4, -0.2) is 24.5 Å². The fourth-order valence-electron chi connectivity index (χ4n) is 6.35. The van der Waals surface area contributed by atoms with Gasteiger partial charge in [0.05, 0.1) is 45.0 Å². The third-order valence-corrected chi connectivity index (χ3v) is 8.45. The molecule has 5 aromatic heterocycles. The summed E-state index contributed by atoms with van der Waals surface area (Å²) in [5, 5.41) is 6.05. The molecular formula is C40H25N5. The number of benzene rings is 4. The number of nitrogens with zero attached hydrogens (tertiary/aromatic N) is 5. The van der Waals surface area contributed by atoms with Crippen LogP contribution < -0.4 is 0 Å². The van der Waals surface area contributed by atoms with Crippen LogP contribution in [0.1, 0.15) is 0 Å². The molecule has 45 heavy (non-hydrogen) atoms. The van der Waals surface area contributed by atoms with E-state index in [-0.39, 0.29) is 0 Å². The molecule has 210 valence electrons. The van der Waals surface area contributed by atoms with Gasteiger partial charge in [-0.3, -0.25) is 9.55 Å². The van der Waals surface area contributed by atoms with E-state index < -0.39 is 0 Å². The van der Waals surface area contributed by atoms with Gasteiger partial charge < -0.3 is 0 Å². The average Bonchev–Trinajstić information content (AvgIpc) is 3.46. The van der Waals surface area contributed by atoms with Crippen LogP contribution >= 0.6 is 0 Å². The molecular weight excluding hydrogens is 550 g/mol. The summed E-state index contributed by atoms with van der Waals surface area (Å²) in [4.78, 5) is 19.8. The predicted molar refractivity (Wildman–Crippen MR) is 183 cm³/mol. The number of fused-ring (bicyclic) bond motifs is 6. The van der Waals surface area contributed by atoms with E-state index >= 15 is 0 Å². The maximum Gasteiger partial charge on any atom is 0.138 e. The summed E-state index contributed by atoms with van der Waals surface area (Å²) in [6.45, 7) is 0. The Morgan fingerprint density at radius 2 is 1.02 bits per heavy atom. The minimum atomic E-state index is 0.790. The molecule has 0 radical (unpaired) electrons. The molecule has 9 aromatic rings. The van der Waals surface area contributed by atoms with E-state index in [1.807, 2.05) is 72.9 Å². The van der Waals surface area contributed by atoms with E-state index in [0.29, 0.717) is 0 Å². The Bertz CT molecular complexity index is 2510. The van der Waals surface area contributed by atoms with E-state index in [1.165, 1.54) is 21.5 Å². The average molecular weight is 576 g/mol. The number of pyridine rings is 4. The molecule has 0 N–H and O–H groups in total. The first kappa shape index (κ1) is 25.3. The molecule has 0 saturated carbocycles. The Balaban J connectivity index is 1.10. The van der Waals surface area contributed by atoms with Gasteiger partial charge in [-0.2, -0.15) is 0 Å². The summed E-state index contributed by atoms with van der Waals surface area (Å²) in [7, 11) is 0. The Morgan fingerprint density at radius 1 is 0.400 bits per heavy atom. The SMILES string of the molecule is c1cc(-c2ccc3c(ccc4ccccc43)c2)nc(-c2cccc(-c3cccc(-n4c5ccccc5c5ncccc54)n3)n2)c1. The number of para-hydroxylation sites is 1. The molecule has 0 aliphatic rings. The topological polar surface area (TPSA) is 56.5 Å². The van der Waals surface area contributed by atoms with Gasteiger partial charge >= 0.3 is 0 Å². The summed E-state index contributed by atoms with van der Waals surface area (Å²) >= 11 is 0. The van der Waals surface area contributed by atoms with Gasteiger partial charge in [0.15, 0.2) is 0 Å². The molecule has 5 nitrogen and oxygen atoms in total. The smallest absolute Gasteiger partial charge is 0.138 e. The lowest BCUT2D eigenvalue weighted by Crippen LogP contribution is -1.99. The van der Waals surface area contributed by atoms with Crippen molar-refractivity contribution in [1.82, 2.24) is 24.5 Å². The van der Waals surface area contributed by atoms with Crippen molar-refractivity contribution in [1.29, 1.82) is 0 Å². The monoisotopic (exact) mass is 575 g/mol. The normalized spacial score (nSPS) is 11.6. The highest BCUT2D eigenvalue weighted by Crippen LogP contribution is 2.32. The lowest BCUT2D eigenvalue weighted by molar-refractivity contribution is 1.07. The van der Waals surface area contributed by atoms with Gasteiger partial charge in [-0.25, -0.2) is 15.0 Å². The van der Waals surface area contributed by atoms with Gasteiger partial charge in [0.2, 0.25) is 0 Å². The molecule has 0 fully saturated rings. The Morgan fingerprint density at radius 3 is 1.87 bits per heavy atom. The van der Waals surface area contributed by atoms with Crippen molar-refractivity contribution in [3.63, 3.8) is 0 Å². The van der Waals surface area contributed by atoms with E-state index in [9.17, 15) is 0 Å².